The molecule has 100 valence electrons. The van der Waals surface area contributed by atoms with Crippen molar-refractivity contribution in [3.05, 3.63) is 42.7 Å². The van der Waals surface area contributed by atoms with Crippen LogP contribution in [0.15, 0.2) is 37.2 Å². The van der Waals surface area contributed by atoms with Crippen molar-refractivity contribution in [1.82, 2.24) is 25.1 Å². The van der Waals surface area contributed by atoms with E-state index in [-0.39, 0.29) is 0 Å². The number of alkyl halides is 3. The molecule has 19 heavy (non-hydrogen) atoms. The lowest BCUT2D eigenvalue weighted by Gasteiger charge is -2.25. The van der Waals surface area contributed by atoms with Gasteiger partial charge < -0.3 is 5.32 Å². The molecule has 0 saturated heterocycles. The second-order valence-electron chi connectivity index (χ2n) is 3.53. The molecule has 2 aromatic rings. The van der Waals surface area contributed by atoms with Crippen LogP contribution in [-0.4, -0.2) is 29.4 Å². The standard InChI is InChI=1S/C10H8Cl3N5O/c11-10(12,13)9(18-6-15-5-16-18)17-8(19)7-2-1-3-14-4-7/h1-6,9H,(H,17,19)/t9-/m1/s1. The van der Waals surface area contributed by atoms with Crippen molar-refractivity contribution in [2.24, 2.45) is 0 Å². The van der Waals surface area contributed by atoms with Gasteiger partial charge >= 0.3 is 0 Å². The number of nitrogens with zero attached hydrogens (tertiary/aromatic N) is 4. The molecule has 1 amide bonds. The van der Waals surface area contributed by atoms with Gasteiger partial charge in [0.25, 0.3) is 5.91 Å². The number of halogens is 3. The summed E-state index contributed by atoms with van der Waals surface area (Å²) < 4.78 is -0.521. The van der Waals surface area contributed by atoms with Crippen LogP contribution in [0.3, 0.4) is 0 Å². The lowest BCUT2D eigenvalue weighted by Crippen LogP contribution is -2.40. The number of aromatic nitrogens is 4. The fourth-order valence-electron chi connectivity index (χ4n) is 1.35. The molecule has 0 radical (unpaired) electrons. The Balaban J connectivity index is 2.21. The zero-order valence-electron chi connectivity index (χ0n) is 9.37. The topological polar surface area (TPSA) is 72.7 Å². The van der Waals surface area contributed by atoms with Crippen LogP contribution < -0.4 is 5.32 Å². The molecular formula is C10H8Cl3N5O. The molecule has 0 spiro atoms. The quantitative estimate of drug-likeness (QED) is 0.878. The molecule has 0 aliphatic carbocycles. The van der Waals surface area contributed by atoms with Crippen LogP contribution in [-0.2, 0) is 0 Å². The first-order valence-corrected chi connectivity index (χ1v) is 6.23. The first kappa shape index (κ1) is 14.0. The molecule has 0 aliphatic rings. The van der Waals surface area contributed by atoms with E-state index in [2.05, 4.69) is 20.4 Å². The number of carbonyl (C=O) groups excluding carboxylic acids is 1. The molecule has 0 fully saturated rings. The largest absolute Gasteiger partial charge is 0.326 e. The van der Waals surface area contributed by atoms with E-state index in [1.54, 1.807) is 18.3 Å². The van der Waals surface area contributed by atoms with Crippen molar-refractivity contribution in [1.29, 1.82) is 0 Å². The monoisotopic (exact) mass is 319 g/mol. The summed E-state index contributed by atoms with van der Waals surface area (Å²) in [5.74, 6) is -0.431. The Hall–Kier alpha value is -1.37. The summed E-state index contributed by atoms with van der Waals surface area (Å²) in [5.41, 5.74) is 0.349. The molecule has 0 aliphatic heterocycles. The van der Waals surface area contributed by atoms with Gasteiger partial charge in [-0.25, -0.2) is 9.67 Å². The van der Waals surface area contributed by atoms with Crippen molar-refractivity contribution in [2.45, 2.75) is 9.96 Å². The summed E-state index contributed by atoms with van der Waals surface area (Å²) in [4.78, 5) is 19.6. The van der Waals surface area contributed by atoms with Gasteiger partial charge in [0.2, 0.25) is 3.79 Å². The van der Waals surface area contributed by atoms with E-state index in [0.717, 1.165) is 0 Å². The van der Waals surface area contributed by atoms with Crippen LogP contribution in [0.4, 0.5) is 0 Å². The number of nitrogens with one attached hydrogen (secondary N) is 1. The molecule has 0 unspecified atom stereocenters. The second-order valence-corrected chi connectivity index (χ2v) is 5.90. The fourth-order valence-corrected chi connectivity index (χ4v) is 1.82. The average molecular weight is 321 g/mol. The van der Waals surface area contributed by atoms with Crippen LogP contribution in [0.5, 0.6) is 0 Å². The van der Waals surface area contributed by atoms with Crippen molar-refractivity contribution in [2.75, 3.05) is 0 Å². The molecule has 0 bridgehead atoms. The fraction of sp³-hybridized carbons (Fsp3) is 0.200. The molecule has 1 N–H and O–H groups in total. The Bertz CT molecular complexity index is 540. The van der Waals surface area contributed by atoms with Crippen molar-refractivity contribution < 1.29 is 4.79 Å². The third-order valence-electron chi connectivity index (χ3n) is 2.20. The number of pyridine rings is 1. The summed E-state index contributed by atoms with van der Waals surface area (Å²) in [5, 5.41) is 6.41. The highest BCUT2D eigenvalue weighted by atomic mass is 35.6. The van der Waals surface area contributed by atoms with Crippen molar-refractivity contribution >= 4 is 40.7 Å². The first-order chi connectivity index (χ1) is 8.98. The summed E-state index contributed by atoms with van der Waals surface area (Å²) in [7, 11) is 0. The molecule has 2 aromatic heterocycles. The Morgan fingerprint density at radius 2 is 2.16 bits per heavy atom. The van der Waals surface area contributed by atoms with E-state index in [1.807, 2.05) is 0 Å². The maximum absolute atomic E-state index is 12.0. The predicted octanol–water partition coefficient (Wildman–Crippen LogP) is 1.97. The van der Waals surface area contributed by atoms with Crippen LogP contribution >= 0.6 is 34.8 Å². The van der Waals surface area contributed by atoms with Gasteiger partial charge in [-0.2, -0.15) is 5.10 Å². The third kappa shape index (κ3) is 3.56. The van der Waals surface area contributed by atoms with Gasteiger partial charge in [0.05, 0.1) is 5.56 Å². The average Bonchev–Trinajstić information content (AvgIpc) is 2.88. The number of rotatable bonds is 3. The van der Waals surface area contributed by atoms with E-state index in [4.69, 9.17) is 34.8 Å². The van der Waals surface area contributed by atoms with Gasteiger partial charge in [0.15, 0.2) is 6.17 Å². The minimum Gasteiger partial charge on any atom is -0.326 e. The Kier molecular flexibility index (Phi) is 4.24. The molecule has 1 atom stereocenters. The molecule has 9 heteroatoms. The van der Waals surface area contributed by atoms with E-state index >= 15 is 0 Å². The van der Waals surface area contributed by atoms with Crippen LogP contribution in [0.25, 0.3) is 0 Å². The predicted molar refractivity (Wildman–Crippen MR) is 71.1 cm³/mol. The third-order valence-corrected chi connectivity index (χ3v) is 2.82. The summed E-state index contributed by atoms with van der Waals surface area (Å²) >= 11 is 17.5. The highest BCUT2D eigenvalue weighted by Crippen LogP contribution is 2.36. The number of hydrogen-bond donors (Lipinski definition) is 1. The molecule has 2 heterocycles. The van der Waals surface area contributed by atoms with Gasteiger partial charge in [-0.05, 0) is 12.1 Å². The lowest BCUT2D eigenvalue weighted by atomic mass is 10.2. The van der Waals surface area contributed by atoms with Gasteiger partial charge in [0.1, 0.15) is 12.7 Å². The molecule has 0 aromatic carbocycles. The van der Waals surface area contributed by atoms with E-state index in [9.17, 15) is 4.79 Å². The second kappa shape index (κ2) is 5.73. The highest BCUT2D eigenvalue weighted by molar-refractivity contribution is 6.67. The lowest BCUT2D eigenvalue weighted by molar-refractivity contribution is 0.0916. The zero-order valence-corrected chi connectivity index (χ0v) is 11.6. The van der Waals surface area contributed by atoms with E-state index in [1.165, 1.54) is 23.5 Å². The van der Waals surface area contributed by atoms with E-state index < -0.39 is 15.9 Å². The minimum absolute atomic E-state index is 0.349. The number of hydrogen-bond acceptors (Lipinski definition) is 4. The maximum atomic E-state index is 12.0. The maximum Gasteiger partial charge on any atom is 0.254 e. The smallest absolute Gasteiger partial charge is 0.254 e. The Labute approximate surface area is 123 Å². The summed E-state index contributed by atoms with van der Waals surface area (Å²) in [6, 6.07) is 3.23. The summed E-state index contributed by atoms with van der Waals surface area (Å²) in [6.07, 6.45) is 4.61. The molecule has 0 saturated carbocycles. The molecule has 6 nitrogen and oxygen atoms in total. The number of carbonyl (C=O) groups is 1. The SMILES string of the molecule is O=C(N[C@H](n1cncn1)C(Cl)(Cl)Cl)c1cccnc1. The van der Waals surface area contributed by atoms with Gasteiger partial charge in [-0.15, -0.1) is 0 Å². The normalized spacial score (nSPS) is 13.0. The Morgan fingerprint density at radius 1 is 1.37 bits per heavy atom. The highest BCUT2D eigenvalue weighted by Gasteiger charge is 2.36. The number of amides is 1. The first-order valence-electron chi connectivity index (χ1n) is 5.10. The van der Waals surface area contributed by atoms with Crippen LogP contribution in [0.1, 0.15) is 16.5 Å². The summed E-state index contributed by atoms with van der Waals surface area (Å²) in [6.45, 7) is 0. The van der Waals surface area contributed by atoms with Gasteiger partial charge in [-0.3, -0.25) is 9.78 Å². The van der Waals surface area contributed by atoms with Crippen molar-refractivity contribution in [3.63, 3.8) is 0 Å². The van der Waals surface area contributed by atoms with Gasteiger partial charge in [-0.1, -0.05) is 34.8 Å². The zero-order chi connectivity index (χ0) is 13.9. The van der Waals surface area contributed by atoms with Gasteiger partial charge in [0, 0.05) is 12.4 Å². The van der Waals surface area contributed by atoms with E-state index in [0.29, 0.717) is 5.56 Å². The van der Waals surface area contributed by atoms with Crippen LogP contribution in [0, 0.1) is 0 Å². The Morgan fingerprint density at radius 3 is 2.68 bits per heavy atom. The minimum atomic E-state index is -1.77. The molecule has 2 rings (SSSR count). The van der Waals surface area contributed by atoms with Crippen molar-refractivity contribution in [3.8, 4) is 0 Å². The van der Waals surface area contributed by atoms with Crippen LogP contribution in [0.2, 0.25) is 0 Å². The molecular weight excluding hydrogens is 313 g/mol.